The van der Waals surface area contributed by atoms with Crippen LogP contribution in [-0.4, -0.2) is 87.2 Å². The van der Waals surface area contributed by atoms with Crippen LogP contribution in [0.4, 0.5) is 11.5 Å². The summed E-state index contributed by atoms with van der Waals surface area (Å²) < 4.78 is 7.60. The van der Waals surface area contributed by atoms with Crippen molar-refractivity contribution in [3.05, 3.63) is 71.9 Å². The number of benzene rings is 2. The molecule has 206 valence electrons. The molecule has 0 amide bonds. The summed E-state index contributed by atoms with van der Waals surface area (Å²) in [5, 5.41) is 36.0. The number of fused-ring (bicyclic) bond motifs is 1. The van der Waals surface area contributed by atoms with Crippen molar-refractivity contribution >= 4 is 17.8 Å². The molecule has 0 aliphatic carbocycles. The molecule has 4 heterocycles. The van der Waals surface area contributed by atoms with Crippen molar-refractivity contribution in [2.45, 2.75) is 44.1 Å². The lowest BCUT2D eigenvalue weighted by Gasteiger charge is -2.33. The maximum atomic E-state index is 10.7. The third-order valence-electron chi connectivity index (χ3n) is 8.00. The molecule has 2 fully saturated rings. The van der Waals surface area contributed by atoms with Gasteiger partial charge in [-0.05, 0) is 30.2 Å². The summed E-state index contributed by atoms with van der Waals surface area (Å²) in [5.74, 6) is 0.655. The van der Waals surface area contributed by atoms with Gasteiger partial charge in [0.2, 0.25) is 0 Å². The van der Waals surface area contributed by atoms with Gasteiger partial charge in [-0.2, -0.15) is 0 Å². The number of nitrogens with zero attached hydrogens (tertiary/aromatic N) is 4. The van der Waals surface area contributed by atoms with Crippen molar-refractivity contribution in [3.63, 3.8) is 0 Å². The van der Waals surface area contributed by atoms with E-state index in [1.54, 1.807) is 10.9 Å². The summed E-state index contributed by atoms with van der Waals surface area (Å²) in [7, 11) is 0. The highest BCUT2D eigenvalue weighted by Crippen LogP contribution is 2.41. The smallest absolute Gasteiger partial charge is 0.164 e. The number of nitrogens with one attached hydrogen (secondary N) is 2. The van der Waals surface area contributed by atoms with Crippen LogP contribution in [0.2, 0.25) is 0 Å². The predicted octanol–water partition coefficient (Wildman–Crippen LogP) is 2.24. The molecule has 10 nitrogen and oxygen atoms in total. The van der Waals surface area contributed by atoms with E-state index in [2.05, 4.69) is 46.8 Å². The number of aromatic nitrogens is 1. The van der Waals surface area contributed by atoms with Crippen LogP contribution in [0.5, 0.6) is 0 Å². The van der Waals surface area contributed by atoms with Gasteiger partial charge in [-0.3, -0.25) is 15.3 Å². The summed E-state index contributed by atoms with van der Waals surface area (Å²) in [6.07, 6.45) is -0.437. The minimum Gasteiger partial charge on any atom is -0.394 e. The van der Waals surface area contributed by atoms with Crippen LogP contribution >= 0.6 is 0 Å². The Kier molecular flexibility index (Phi) is 7.39. The molecule has 0 radical (unpaired) electrons. The van der Waals surface area contributed by atoms with E-state index in [4.69, 9.17) is 9.73 Å². The fraction of sp³-hybridized carbons (Fsp3) is 0.414. The van der Waals surface area contributed by atoms with Gasteiger partial charge >= 0.3 is 0 Å². The lowest BCUT2D eigenvalue weighted by molar-refractivity contribution is -0.0518. The van der Waals surface area contributed by atoms with Gasteiger partial charge in [-0.25, -0.2) is 4.99 Å². The van der Waals surface area contributed by atoms with Gasteiger partial charge < -0.3 is 29.9 Å². The van der Waals surface area contributed by atoms with E-state index in [0.29, 0.717) is 18.4 Å². The molecule has 1 aromatic heterocycles. The number of anilines is 1. The van der Waals surface area contributed by atoms with Crippen molar-refractivity contribution in [2.75, 3.05) is 38.2 Å². The summed E-state index contributed by atoms with van der Waals surface area (Å²) in [4.78, 5) is 7.23. The molecule has 39 heavy (non-hydrogen) atoms. The van der Waals surface area contributed by atoms with E-state index < -0.39 is 24.5 Å². The maximum absolute atomic E-state index is 10.7. The molecule has 2 aromatic carbocycles. The fourth-order valence-electron chi connectivity index (χ4n) is 5.71. The Morgan fingerprint density at radius 1 is 1.05 bits per heavy atom. The second-order valence-electron chi connectivity index (χ2n) is 10.4. The lowest BCUT2D eigenvalue weighted by atomic mass is 10.0. The zero-order valence-electron chi connectivity index (χ0n) is 22.0. The molecule has 5 atom stereocenters. The van der Waals surface area contributed by atoms with Crippen LogP contribution < -0.4 is 10.7 Å². The van der Waals surface area contributed by atoms with E-state index in [-0.39, 0.29) is 6.61 Å². The first kappa shape index (κ1) is 26.0. The number of piperazine rings is 1. The molecule has 2 saturated heterocycles. The molecule has 6 rings (SSSR count). The van der Waals surface area contributed by atoms with Gasteiger partial charge in [0.15, 0.2) is 6.23 Å². The molecule has 3 aliphatic heterocycles. The zero-order chi connectivity index (χ0) is 26.9. The van der Waals surface area contributed by atoms with Gasteiger partial charge in [0.1, 0.15) is 30.5 Å². The van der Waals surface area contributed by atoms with Crippen LogP contribution in [0.15, 0.2) is 65.8 Å². The number of rotatable bonds is 7. The first-order chi connectivity index (χ1) is 19.0. The molecule has 3 aliphatic rings. The van der Waals surface area contributed by atoms with E-state index in [9.17, 15) is 15.3 Å². The third-order valence-corrected chi connectivity index (χ3v) is 8.00. The summed E-state index contributed by atoms with van der Waals surface area (Å²) in [5.41, 5.74) is 8.66. The summed E-state index contributed by atoms with van der Waals surface area (Å²) >= 11 is 0. The second-order valence-corrected chi connectivity index (χ2v) is 10.4. The van der Waals surface area contributed by atoms with Crippen molar-refractivity contribution in [1.29, 1.82) is 0 Å². The zero-order valence-corrected chi connectivity index (χ0v) is 22.0. The molecule has 0 bridgehead atoms. The van der Waals surface area contributed by atoms with Crippen molar-refractivity contribution in [3.8, 4) is 11.1 Å². The Labute approximate surface area is 228 Å². The number of aliphatic hydroxyl groups excluding tert-OH is 3. The number of hydrazine groups is 1. The largest absolute Gasteiger partial charge is 0.394 e. The van der Waals surface area contributed by atoms with Gasteiger partial charge in [0.05, 0.1) is 18.8 Å². The molecule has 3 aromatic rings. The van der Waals surface area contributed by atoms with Crippen molar-refractivity contribution < 1.29 is 20.1 Å². The van der Waals surface area contributed by atoms with Crippen LogP contribution in [0.25, 0.3) is 11.1 Å². The average Bonchev–Trinajstić information content (AvgIpc) is 3.50. The predicted molar refractivity (Wildman–Crippen MR) is 149 cm³/mol. The highest BCUT2D eigenvalue weighted by atomic mass is 16.6. The molecule has 10 heteroatoms. The van der Waals surface area contributed by atoms with Crippen molar-refractivity contribution in [2.24, 2.45) is 4.99 Å². The Morgan fingerprint density at radius 2 is 1.79 bits per heavy atom. The van der Waals surface area contributed by atoms with E-state index in [1.165, 1.54) is 5.56 Å². The van der Waals surface area contributed by atoms with Crippen molar-refractivity contribution in [1.82, 2.24) is 19.8 Å². The monoisotopic (exact) mass is 532 g/mol. The molecule has 5 N–H and O–H groups in total. The normalized spacial score (nSPS) is 26.0. The minimum atomic E-state index is -1.18. The van der Waals surface area contributed by atoms with Crippen LogP contribution in [0, 0.1) is 0 Å². The second kappa shape index (κ2) is 11.1. The Morgan fingerprint density at radius 3 is 2.49 bits per heavy atom. The Balaban J connectivity index is 1.23. The highest BCUT2D eigenvalue weighted by molar-refractivity contribution is 5.77. The molecular formula is C29H36N6O4. The standard InChI is InChI=1S/C29H36N6O4/c1-19(33-13-11-30-12-14-33)20-7-9-22(10-8-20)32-34-15-24-23(21-5-3-2-4-6-21)16-35(28(24)31-18-34)29-27(38)26(37)25(17-36)39-29/h2-10,16,18-19,25-27,29-30,32,36-38H,11-15,17H2,1H3/t19?,25-,26+,27+,29-/m1/s1. The molecule has 1 unspecified atom stereocenters. The minimum absolute atomic E-state index is 0.366. The SMILES string of the molecule is CC(c1ccc(NN2C=Nc3c(c(-c4ccccc4)cn3[C@@H]3O[C@H](CO)[C@H](O)[C@@H]3O)C2)cc1)N1CCNCC1. The lowest BCUT2D eigenvalue weighted by Crippen LogP contribution is -2.44. The first-order valence-corrected chi connectivity index (χ1v) is 13.6. The van der Waals surface area contributed by atoms with E-state index in [0.717, 1.165) is 48.6 Å². The number of hydrogen-bond acceptors (Lipinski definition) is 9. The Hall–Kier alpha value is -3.25. The molecule has 0 saturated carbocycles. The van der Waals surface area contributed by atoms with Gasteiger partial charge in [-0.1, -0.05) is 42.5 Å². The van der Waals surface area contributed by atoms with Gasteiger partial charge in [0.25, 0.3) is 0 Å². The van der Waals surface area contributed by atoms with Crippen LogP contribution in [-0.2, 0) is 11.3 Å². The quantitative estimate of drug-likeness (QED) is 0.315. The fourth-order valence-corrected chi connectivity index (χ4v) is 5.71. The highest BCUT2D eigenvalue weighted by Gasteiger charge is 2.44. The number of aliphatic imine (C=N–C) groups is 1. The van der Waals surface area contributed by atoms with Gasteiger partial charge in [0, 0.05) is 49.5 Å². The van der Waals surface area contributed by atoms with Gasteiger partial charge in [-0.15, -0.1) is 0 Å². The maximum Gasteiger partial charge on any atom is 0.164 e. The average molecular weight is 533 g/mol. The molecule has 0 spiro atoms. The van der Waals surface area contributed by atoms with Crippen LogP contribution in [0.3, 0.4) is 0 Å². The summed E-state index contributed by atoms with van der Waals surface area (Å²) in [6.45, 7) is 6.58. The number of ether oxygens (including phenoxy) is 1. The van der Waals surface area contributed by atoms with Crippen LogP contribution in [0.1, 0.15) is 30.3 Å². The summed E-state index contributed by atoms with van der Waals surface area (Å²) in [6, 6.07) is 18.9. The van der Waals surface area contributed by atoms with E-state index >= 15 is 0 Å². The number of hydrogen-bond donors (Lipinski definition) is 5. The molecular weight excluding hydrogens is 496 g/mol. The third kappa shape index (κ3) is 5.07. The topological polar surface area (TPSA) is 118 Å². The Bertz CT molecular complexity index is 1290. The first-order valence-electron chi connectivity index (χ1n) is 13.6. The van der Waals surface area contributed by atoms with E-state index in [1.807, 2.05) is 41.5 Å². The number of aliphatic hydroxyl groups is 3.